The van der Waals surface area contributed by atoms with Gasteiger partial charge in [-0.05, 0) is 71.4 Å². The van der Waals surface area contributed by atoms with Gasteiger partial charge in [0.1, 0.15) is 16.9 Å². The van der Waals surface area contributed by atoms with Crippen LogP contribution in [0.1, 0.15) is 35.3 Å². The molecule has 2 heterocycles. The maximum absolute atomic E-state index is 12.5. The second-order valence-electron chi connectivity index (χ2n) is 7.63. The highest BCUT2D eigenvalue weighted by Crippen LogP contribution is 2.31. The monoisotopic (exact) mass is 384 g/mol. The highest BCUT2D eigenvalue weighted by molar-refractivity contribution is 5.96. The van der Waals surface area contributed by atoms with Crippen LogP contribution in [0.5, 0.6) is 0 Å². The number of fused-ring (bicyclic) bond motifs is 2. The average molecular weight is 384 g/mol. The minimum atomic E-state index is -0.384. The molecule has 3 aromatic rings. The highest BCUT2D eigenvalue weighted by Gasteiger charge is 2.16. The van der Waals surface area contributed by atoms with Crippen molar-refractivity contribution in [3.05, 3.63) is 45.0 Å². The number of nitrogens with zero attached hydrogens (tertiary/aromatic N) is 1. The molecule has 0 saturated heterocycles. The van der Waals surface area contributed by atoms with E-state index in [-0.39, 0.29) is 18.0 Å². The van der Waals surface area contributed by atoms with E-state index in [1.807, 2.05) is 40.9 Å². The van der Waals surface area contributed by atoms with E-state index >= 15 is 0 Å². The van der Waals surface area contributed by atoms with Crippen LogP contribution in [0.2, 0.25) is 0 Å². The van der Waals surface area contributed by atoms with Crippen LogP contribution >= 0.6 is 0 Å². The van der Waals surface area contributed by atoms with Crippen molar-refractivity contribution >= 4 is 27.8 Å². The van der Waals surface area contributed by atoms with E-state index in [4.69, 9.17) is 8.83 Å². The van der Waals surface area contributed by atoms with E-state index in [1.165, 1.54) is 0 Å². The molecule has 0 fully saturated rings. The Balaban J connectivity index is 1.79. The molecule has 0 atom stereocenters. The number of nitrogens with one attached hydrogen (secondary N) is 1. The SMILES string of the molecule is Cc1oc2cc3oc(=O)c(CCC(=O)NCCCN(C)C)c(C)c3cc2c1C. The van der Waals surface area contributed by atoms with Gasteiger partial charge in [-0.3, -0.25) is 4.79 Å². The van der Waals surface area contributed by atoms with Crippen molar-refractivity contribution in [3.63, 3.8) is 0 Å². The standard InChI is InChI=1S/C22H28N2O4/c1-13-15(3)27-19-12-20-18(11-17(13)19)14(2)16(22(26)28-20)7-8-21(25)23-9-6-10-24(4)5/h11-12H,6-10H2,1-5H3,(H,23,25). The van der Waals surface area contributed by atoms with E-state index in [2.05, 4.69) is 10.2 Å². The maximum atomic E-state index is 12.5. The molecular weight excluding hydrogens is 356 g/mol. The van der Waals surface area contributed by atoms with Gasteiger partial charge >= 0.3 is 5.63 Å². The summed E-state index contributed by atoms with van der Waals surface area (Å²) in [5, 5.41) is 4.81. The van der Waals surface area contributed by atoms with Gasteiger partial charge in [0, 0.05) is 35.4 Å². The Morgan fingerprint density at radius 2 is 1.71 bits per heavy atom. The zero-order valence-electron chi connectivity index (χ0n) is 17.3. The molecule has 0 radical (unpaired) electrons. The van der Waals surface area contributed by atoms with Gasteiger partial charge < -0.3 is 19.1 Å². The summed E-state index contributed by atoms with van der Waals surface area (Å²) in [6, 6.07) is 3.79. The molecule has 1 N–H and O–H groups in total. The molecule has 0 aliphatic carbocycles. The van der Waals surface area contributed by atoms with Gasteiger partial charge in [0.05, 0.1) is 0 Å². The summed E-state index contributed by atoms with van der Waals surface area (Å²) in [5.41, 5.74) is 3.36. The number of carbonyl (C=O) groups is 1. The van der Waals surface area contributed by atoms with Crippen molar-refractivity contribution in [1.82, 2.24) is 10.2 Å². The molecule has 6 heteroatoms. The Bertz CT molecular complexity index is 1080. The fourth-order valence-electron chi connectivity index (χ4n) is 3.46. The van der Waals surface area contributed by atoms with Crippen LogP contribution in [-0.2, 0) is 11.2 Å². The summed E-state index contributed by atoms with van der Waals surface area (Å²) in [4.78, 5) is 26.7. The van der Waals surface area contributed by atoms with Crippen molar-refractivity contribution in [2.24, 2.45) is 0 Å². The number of amides is 1. The zero-order valence-corrected chi connectivity index (χ0v) is 17.3. The summed E-state index contributed by atoms with van der Waals surface area (Å²) in [6.45, 7) is 7.42. The van der Waals surface area contributed by atoms with E-state index < -0.39 is 0 Å². The number of benzene rings is 1. The molecule has 1 amide bonds. The van der Waals surface area contributed by atoms with Crippen LogP contribution in [0.25, 0.3) is 21.9 Å². The number of hydrogen-bond donors (Lipinski definition) is 1. The van der Waals surface area contributed by atoms with Gasteiger partial charge in [-0.15, -0.1) is 0 Å². The molecule has 0 unspecified atom stereocenters. The molecule has 0 saturated carbocycles. The zero-order chi connectivity index (χ0) is 20.4. The minimum Gasteiger partial charge on any atom is -0.461 e. The van der Waals surface area contributed by atoms with Gasteiger partial charge in [-0.25, -0.2) is 4.79 Å². The first-order valence-electron chi connectivity index (χ1n) is 9.65. The molecule has 0 aliphatic rings. The first-order valence-corrected chi connectivity index (χ1v) is 9.65. The minimum absolute atomic E-state index is 0.0468. The van der Waals surface area contributed by atoms with Crippen molar-refractivity contribution in [2.75, 3.05) is 27.2 Å². The van der Waals surface area contributed by atoms with Crippen molar-refractivity contribution in [2.45, 2.75) is 40.0 Å². The summed E-state index contributed by atoms with van der Waals surface area (Å²) in [5.74, 6) is 0.811. The Morgan fingerprint density at radius 3 is 2.43 bits per heavy atom. The second-order valence-corrected chi connectivity index (χ2v) is 7.63. The fourth-order valence-corrected chi connectivity index (χ4v) is 3.46. The van der Waals surface area contributed by atoms with Crippen molar-refractivity contribution in [3.8, 4) is 0 Å². The largest absolute Gasteiger partial charge is 0.461 e. The van der Waals surface area contributed by atoms with Crippen molar-refractivity contribution in [1.29, 1.82) is 0 Å². The van der Waals surface area contributed by atoms with Gasteiger partial charge in [0.15, 0.2) is 0 Å². The lowest BCUT2D eigenvalue weighted by Crippen LogP contribution is -2.27. The predicted octanol–water partition coefficient (Wildman–Crippen LogP) is 3.46. The summed E-state index contributed by atoms with van der Waals surface area (Å²) in [7, 11) is 4.01. The molecular formula is C22H28N2O4. The number of furan rings is 1. The number of carbonyl (C=O) groups excluding carboxylic acids is 1. The smallest absolute Gasteiger partial charge is 0.339 e. The Labute approximate surface area is 164 Å². The van der Waals surface area contributed by atoms with E-state index in [9.17, 15) is 9.59 Å². The van der Waals surface area contributed by atoms with Crippen LogP contribution in [0.4, 0.5) is 0 Å². The Hall–Kier alpha value is -2.60. The van der Waals surface area contributed by atoms with Crippen LogP contribution in [0.3, 0.4) is 0 Å². The molecule has 28 heavy (non-hydrogen) atoms. The van der Waals surface area contributed by atoms with Gasteiger partial charge in [-0.2, -0.15) is 0 Å². The number of hydrogen-bond acceptors (Lipinski definition) is 5. The summed E-state index contributed by atoms with van der Waals surface area (Å²) in [6.07, 6.45) is 1.53. The van der Waals surface area contributed by atoms with Crippen LogP contribution < -0.4 is 10.9 Å². The van der Waals surface area contributed by atoms with E-state index in [1.54, 1.807) is 6.07 Å². The van der Waals surface area contributed by atoms with Crippen LogP contribution in [0.15, 0.2) is 25.8 Å². The van der Waals surface area contributed by atoms with E-state index in [0.29, 0.717) is 24.1 Å². The van der Waals surface area contributed by atoms with Gasteiger partial charge in [0.2, 0.25) is 5.91 Å². The third-order valence-corrected chi connectivity index (χ3v) is 5.29. The quantitative estimate of drug-likeness (QED) is 0.499. The lowest BCUT2D eigenvalue weighted by Gasteiger charge is -2.10. The molecule has 2 aromatic heterocycles. The molecule has 0 bridgehead atoms. The lowest BCUT2D eigenvalue weighted by molar-refractivity contribution is -0.121. The molecule has 3 rings (SSSR count). The molecule has 6 nitrogen and oxygen atoms in total. The lowest BCUT2D eigenvalue weighted by atomic mass is 10.0. The molecule has 0 spiro atoms. The van der Waals surface area contributed by atoms with Gasteiger partial charge in [-0.1, -0.05) is 0 Å². The van der Waals surface area contributed by atoms with Gasteiger partial charge in [0.25, 0.3) is 0 Å². The third-order valence-electron chi connectivity index (χ3n) is 5.29. The fraction of sp³-hybridized carbons (Fsp3) is 0.455. The molecule has 150 valence electrons. The molecule has 0 aliphatic heterocycles. The average Bonchev–Trinajstić information content (AvgIpc) is 2.90. The predicted molar refractivity (Wildman–Crippen MR) is 111 cm³/mol. The van der Waals surface area contributed by atoms with Crippen molar-refractivity contribution < 1.29 is 13.6 Å². The highest BCUT2D eigenvalue weighted by atomic mass is 16.4. The Kier molecular flexibility index (Phi) is 5.89. The summed E-state index contributed by atoms with van der Waals surface area (Å²) >= 11 is 0. The first-order chi connectivity index (χ1) is 13.3. The normalized spacial score (nSPS) is 11.6. The maximum Gasteiger partial charge on any atom is 0.339 e. The van der Waals surface area contributed by atoms with E-state index in [0.717, 1.165) is 46.2 Å². The third kappa shape index (κ3) is 4.12. The molecule has 1 aromatic carbocycles. The summed E-state index contributed by atoms with van der Waals surface area (Å²) < 4.78 is 11.3. The number of rotatable bonds is 7. The topological polar surface area (TPSA) is 75.7 Å². The number of aryl methyl sites for hydroxylation is 3. The van der Waals surface area contributed by atoms with Crippen LogP contribution in [0, 0.1) is 20.8 Å². The first kappa shape index (κ1) is 20.1. The second kappa shape index (κ2) is 8.19. The van der Waals surface area contributed by atoms with Crippen LogP contribution in [-0.4, -0.2) is 38.0 Å². The Morgan fingerprint density at radius 1 is 1.04 bits per heavy atom.